The number of hydrogen-bond donors (Lipinski definition) is 1. The van der Waals surface area contributed by atoms with Gasteiger partial charge in [0.1, 0.15) is 0 Å². The predicted molar refractivity (Wildman–Crippen MR) is 69.0 cm³/mol. The van der Waals surface area contributed by atoms with E-state index in [0.717, 1.165) is 38.5 Å². The zero-order chi connectivity index (χ0) is 13.8. The maximum atomic E-state index is 13.5. The van der Waals surface area contributed by atoms with E-state index < -0.39 is 17.5 Å². The molecule has 104 valence electrons. The normalized spacial score (nSPS) is 20.3. The number of carbonyl (C=O) groups excluding carboxylic acids is 1. The monoisotopic (exact) mass is 268 g/mol. The summed E-state index contributed by atoms with van der Waals surface area (Å²) in [5.74, 6) is -2.62. The summed E-state index contributed by atoms with van der Waals surface area (Å²) < 4.78 is 26.6. The number of likely N-dealkylation sites (tertiary alicyclic amines) is 1. The molecule has 0 bridgehead atoms. The van der Waals surface area contributed by atoms with Crippen LogP contribution in [0.3, 0.4) is 0 Å². The van der Waals surface area contributed by atoms with Gasteiger partial charge >= 0.3 is 0 Å². The third-order valence-corrected chi connectivity index (χ3v) is 3.48. The van der Waals surface area contributed by atoms with E-state index in [2.05, 4.69) is 17.1 Å². The second kappa shape index (κ2) is 6.10. The number of nitrogens with one attached hydrogen (secondary N) is 1. The van der Waals surface area contributed by atoms with E-state index in [1.807, 2.05) is 0 Å². The highest BCUT2D eigenvalue weighted by Gasteiger charge is 2.22. The number of amides is 1. The van der Waals surface area contributed by atoms with Crippen molar-refractivity contribution in [2.75, 3.05) is 19.6 Å². The molecule has 0 aromatic heterocycles. The van der Waals surface area contributed by atoms with Gasteiger partial charge < -0.3 is 10.2 Å². The molecule has 1 heterocycles. The minimum Gasteiger partial charge on any atom is -0.348 e. The van der Waals surface area contributed by atoms with Crippen LogP contribution < -0.4 is 5.32 Å². The van der Waals surface area contributed by atoms with Gasteiger partial charge in [-0.05, 0) is 38.1 Å². The van der Waals surface area contributed by atoms with E-state index in [4.69, 9.17) is 0 Å². The highest BCUT2D eigenvalue weighted by molar-refractivity contribution is 5.94. The summed E-state index contributed by atoms with van der Waals surface area (Å²) >= 11 is 0. The average molecular weight is 268 g/mol. The number of nitrogens with zero attached hydrogens (tertiary/aromatic N) is 1. The lowest BCUT2D eigenvalue weighted by molar-refractivity contribution is 0.0900. The third-order valence-electron chi connectivity index (χ3n) is 3.48. The van der Waals surface area contributed by atoms with Gasteiger partial charge in [0, 0.05) is 12.6 Å². The molecule has 0 radical (unpaired) electrons. The topological polar surface area (TPSA) is 32.3 Å². The fourth-order valence-corrected chi connectivity index (χ4v) is 2.40. The van der Waals surface area contributed by atoms with Gasteiger partial charge in [-0.2, -0.15) is 0 Å². The van der Waals surface area contributed by atoms with Crippen molar-refractivity contribution in [3.05, 3.63) is 35.4 Å². The molecule has 5 heteroatoms. The number of carbonyl (C=O) groups is 1. The van der Waals surface area contributed by atoms with Crippen molar-refractivity contribution >= 4 is 5.91 Å². The molecule has 0 spiro atoms. The lowest BCUT2D eigenvalue weighted by atomic mass is 10.0. The molecule has 1 amide bonds. The summed E-state index contributed by atoms with van der Waals surface area (Å²) in [5, 5.41) is 2.78. The number of benzene rings is 1. The average Bonchev–Trinajstić information content (AvgIpc) is 2.42. The summed E-state index contributed by atoms with van der Waals surface area (Å²) in [7, 11) is 0. The fraction of sp³-hybridized carbons (Fsp3) is 0.500. The smallest absolute Gasteiger partial charge is 0.254 e. The van der Waals surface area contributed by atoms with Crippen LogP contribution in [0.2, 0.25) is 0 Å². The van der Waals surface area contributed by atoms with Crippen molar-refractivity contribution in [2.24, 2.45) is 0 Å². The van der Waals surface area contributed by atoms with Gasteiger partial charge in [-0.1, -0.05) is 13.0 Å². The molecule has 2 rings (SSSR count). The minimum absolute atomic E-state index is 0.00358. The Morgan fingerprint density at radius 3 is 3.00 bits per heavy atom. The fourth-order valence-electron chi connectivity index (χ4n) is 2.40. The maximum absolute atomic E-state index is 13.5. The quantitative estimate of drug-likeness (QED) is 0.911. The highest BCUT2D eigenvalue weighted by Crippen LogP contribution is 2.14. The lowest BCUT2D eigenvalue weighted by Gasteiger charge is -2.32. The highest BCUT2D eigenvalue weighted by atomic mass is 19.2. The molecule has 0 aliphatic carbocycles. The molecule has 1 fully saturated rings. The maximum Gasteiger partial charge on any atom is 0.254 e. The van der Waals surface area contributed by atoms with Crippen molar-refractivity contribution in [1.29, 1.82) is 0 Å². The molecule has 1 unspecified atom stereocenters. The van der Waals surface area contributed by atoms with Crippen LogP contribution in [0.1, 0.15) is 30.1 Å². The Balaban J connectivity index is 2.02. The molecule has 3 nitrogen and oxygen atoms in total. The molecular formula is C14H18F2N2O. The van der Waals surface area contributed by atoms with Crippen LogP contribution in [0, 0.1) is 11.6 Å². The second-order valence-electron chi connectivity index (χ2n) is 4.81. The number of halogens is 2. The van der Waals surface area contributed by atoms with Gasteiger partial charge in [-0.3, -0.25) is 4.79 Å². The van der Waals surface area contributed by atoms with E-state index >= 15 is 0 Å². The number of rotatable bonds is 3. The lowest BCUT2D eigenvalue weighted by Crippen LogP contribution is -2.47. The Kier molecular flexibility index (Phi) is 4.47. The van der Waals surface area contributed by atoms with Crippen LogP contribution in [0.25, 0.3) is 0 Å². The van der Waals surface area contributed by atoms with Gasteiger partial charge in [-0.15, -0.1) is 0 Å². The Labute approximate surface area is 111 Å². The molecule has 0 saturated carbocycles. The zero-order valence-electron chi connectivity index (χ0n) is 11.0. The standard InChI is InChI=1S/C14H18F2N2O/c1-2-18-8-4-5-10(9-18)17-14(19)11-6-3-7-12(15)13(11)16/h3,6-7,10H,2,4-5,8-9H2,1H3,(H,17,19). The van der Waals surface area contributed by atoms with E-state index in [0.29, 0.717) is 0 Å². The molecular weight excluding hydrogens is 250 g/mol. The molecule has 1 atom stereocenters. The van der Waals surface area contributed by atoms with Crippen molar-refractivity contribution in [3.63, 3.8) is 0 Å². The van der Waals surface area contributed by atoms with Gasteiger partial charge in [-0.25, -0.2) is 8.78 Å². The van der Waals surface area contributed by atoms with E-state index in [9.17, 15) is 13.6 Å². The van der Waals surface area contributed by atoms with E-state index in [1.165, 1.54) is 12.1 Å². The summed E-state index contributed by atoms with van der Waals surface area (Å²) in [6, 6.07) is 3.65. The van der Waals surface area contributed by atoms with Crippen LogP contribution in [0.4, 0.5) is 8.78 Å². The molecule has 1 N–H and O–H groups in total. The zero-order valence-corrected chi connectivity index (χ0v) is 11.0. The van der Waals surface area contributed by atoms with Crippen LogP contribution in [-0.2, 0) is 0 Å². The first-order valence-electron chi connectivity index (χ1n) is 6.59. The largest absolute Gasteiger partial charge is 0.348 e. The molecule has 1 saturated heterocycles. The van der Waals surface area contributed by atoms with E-state index in [1.54, 1.807) is 0 Å². The first-order valence-corrected chi connectivity index (χ1v) is 6.59. The van der Waals surface area contributed by atoms with Gasteiger partial charge in [0.2, 0.25) is 0 Å². The number of piperidine rings is 1. The predicted octanol–water partition coefficient (Wildman–Crippen LogP) is 2.18. The second-order valence-corrected chi connectivity index (χ2v) is 4.81. The Morgan fingerprint density at radius 2 is 2.26 bits per heavy atom. The summed E-state index contributed by atoms with van der Waals surface area (Å²) in [6.45, 7) is 4.79. The van der Waals surface area contributed by atoms with Crippen molar-refractivity contribution < 1.29 is 13.6 Å². The molecule has 1 aromatic rings. The summed E-state index contributed by atoms with van der Waals surface area (Å²) in [6.07, 6.45) is 1.88. The number of likely N-dealkylation sites (N-methyl/N-ethyl adjacent to an activating group) is 1. The van der Waals surface area contributed by atoms with Gasteiger partial charge in [0.05, 0.1) is 5.56 Å². The Bertz CT molecular complexity index is 465. The van der Waals surface area contributed by atoms with Crippen LogP contribution in [0.5, 0.6) is 0 Å². The molecule has 1 aliphatic heterocycles. The van der Waals surface area contributed by atoms with E-state index in [-0.39, 0.29) is 11.6 Å². The summed E-state index contributed by atoms with van der Waals surface area (Å²) in [5.41, 5.74) is -0.228. The first kappa shape index (κ1) is 13.9. The summed E-state index contributed by atoms with van der Waals surface area (Å²) in [4.78, 5) is 14.2. The SMILES string of the molecule is CCN1CCCC(NC(=O)c2cccc(F)c2F)C1. The molecule has 19 heavy (non-hydrogen) atoms. The Morgan fingerprint density at radius 1 is 1.47 bits per heavy atom. The van der Waals surface area contributed by atoms with Crippen molar-refractivity contribution in [2.45, 2.75) is 25.8 Å². The van der Waals surface area contributed by atoms with Crippen LogP contribution >= 0.6 is 0 Å². The third kappa shape index (κ3) is 3.29. The minimum atomic E-state index is -1.08. The Hall–Kier alpha value is -1.49. The number of hydrogen-bond acceptors (Lipinski definition) is 2. The van der Waals surface area contributed by atoms with Crippen molar-refractivity contribution in [3.8, 4) is 0 Å². The van der Waals surface area contributed by atoms with Crippen LogP contribution in [0.15, 0.2) is 18.2 Å². The van der Waals surface area contributed by atoms with Gasteiger partial charge in [0.15, 0.2) is 11.6 Å². The molecule has 1 aromatic carbocycles. The van der Waals surface area contributed by atoms with Gasteiger partial charge in [0.25, 0.3) is 5.91 Å². The molecule has 1 aliphatic rings. The first-order chi connectivity index (χ1) is 9.11. The van der Waals surface area contributed by atoms with Crippen LogP contribution in [-0.4, -0.2) is 36.5 Å². The van der Waals surface area contributed by atoms with Crippen molar-refractivity contribution in [1.82, 2.24) is 10.2 Å².